The van der Waals surface area contributed by atoms with Gasteiger partial charge in [-0.15, -0.1) is 10.2 Å². The molecule has 8 heteroatoms. The van der Waals surface area contributed by atoms with E-state index in [4.69, 9.17) is 9.15 Å². The van der Waals surface area contributed by atoms with Crippen LogP contribution in [0.3, 0.4) is 0 Å². The van der Waals surface area contributed by atoms with Crippen molar-refractivity contribution in [3.05, 3.63) is 107 Å². The van der Waals surface area contributed by atoms with Gasteiger partial charge in [0.2, 0.25) is 21.8 Å². The number of aromatic nitrogens is 2. The van der Waals surface area contributed by atoms with Crippen LogP contribution in [-0.2, 0) is 23.1 Å². The number of hydrogen-bond acceptors (Lipinski definition) is 6. The fourth-order valence-electron chi connectivity index (χ4n) is 3.16. The van der Waals surface area contributed by atoms with Crippen molar-refractivity contribution in [3.63, 3.8) is 0 Å². The molecule has 0 amide bonds. The van der Waals surface area contributed by atoms with Crippen LogP contribution in [0.2, 0.25) is 0 Å². The Kier molecular flexibility index (Phi) is 6.97. The number of nitrogens with zero attached hydrogens (tertiary/aromatic N) is 3. The summed E-state index contributed by atoms with van der Waals surface area (Å²) >= 11 is 0. The second-order valence-corrected chi connectivity index (χ2v) is 9.06. The van der Waals surface area contributed by atoms with E-state index in [-0.39, 0.29) is 19.0 Å². The maximum Gasteiger partial charge on any atom is 0.247 e. The lowest BCUT2D eigenvalue weighted by molar-refractivity contribution is 0.357. The standard InChI is InChI=1S/C25H23N3O4S/c1-31-23-14-12-22(13-15-23)25-27-26-24(32-25)19-28(18-21-10-6-3-7-11-21)33(29,30)17-16-20-8-4-2-5-9-20/h2-17H,18-19H2,1H3/b17-16+. The third-order valence-electron chi connectivity index (χ3n) is 4.91. The highest BCUT2D eigenvalue weighted by Gasteiger charge is 2.23. The summed E-state index contributed by atoms with van der Waals surface area (Å²) in [7, 11) is -2.18. The molecule has 168 valence electrons. The molecule has 0 aliphatic rings. The first-order valence-corrected chi connectivity index (χ1v) is 11.8. The molecule has 1 aromatic heterocycles. The number of ether oxygens (including phenoxy) is 1. The van der Waals surface area contributed by atoms with Crippen molar-refractivity contribution in [2.75, 3.05) is 7.11 Å². The molecule has 33 heavy (non-hydrogen) atoms. The fourth-order valence-corrected chi connectivity index (χ4v) is 4.28. The van der Waals surface area contributed by atoms with E-state index in [2.05, 4.69) is 10.2 Å². The molecular weight excluding hydrogens is 438 g/mol. The lowest BCUT2D eigenvalue weighted by Gasteiger charge is -2.18. The van der Waals surface area contributed by atoms with Gasteiger partial charge in [-0.3, -0.25) is 0 Å². The number of sulfonamides is 1. The molecule has 0 saturated heterocycles. The average Bonchev–Trinajstić information content (AvgIpc) is 3.32. The van der Waals surface area contributed by atoms with Crippen molar-refractivity contribution >= 4 is 16.1 Å². The van der Waals surface area contributed by atoms with Crippen LogP contribution >= 0.6 is 0 Å². The molecule has 0 fully saturated rings. The molecule has 0 N–H and O–H groups in total. The largest absolute Gasteiger partial charge is 0.497 e. The molecule has 0 aliphatic carbocycles. The summed E-state index contributed by atoms with van der Waals surface area (Å²) in [5.41, 5.74) is 2.36. The van der Waals surface area contributed by atoms with Gasteiger partial charge in [0, 0.05) is 17.5 Å². The number of methoxy groups -OCH3 is 1. The molecular formula is C25H23N3O4S. The van der Waals surface area contributed by atoms with E-state index in [1.807, 2.05) is 60.7 Å². The summed E-state index contributed by atoms with van der Waals surface area (Å²) < 4.78 is 38.6. The van der Waals surface area contributed by atoms with Crippen LogP contribution in [0.15, 0.2) is 94.8 Å². The van der Waals surface area contributed by atoms with Gasteiger partial charge in [-0.2, -0.15) is 4.31 Å². The number of hydrogen-bond donors (Lipinski definition) is 0. The van der Waals surface area contributed by atoms with Crippen LogP contribution in [0.5, 0.6) is 5.75 Å². The summed E-state index contributed by atoms with van der Waals surface area (Å²) in [4.78, 5) is 0. The van der Waals surface area contributed by atoms with E-state index in [0.29, 0.717) is 11.6 Å². The molecule has 0 unspecified atom stereocenters. The number of benzene rings is 3. The monoisotopic (exact) mass is 461 g/mol. The lowest BCUT2D eigenvalue weighted by Crippen LogP contribution is -2.28. The van der Waals surface area contributed by atoms with Gasteiger partial charge in [0.25, 0.3) is 0 Å². The second kappa shape index (κ2) is 10.2. The smallest absolute Gasteiger partial charge is 0.247 e. The Hall–Kier alpha value is -3.75. The van der Waals surface area contributed by atoms with Gasteiger partial charge in [-0.25, -0.2) is 8.42 Å². The van der Waals surface area contributed by atoms with E-state index in [9.17, 15) is 8.42 Å². The van der Waals surface area contributed by atoms with Crippen molar-refractivity contribution in [2.45, 2.75) is 13.1 Å². The van der Waals surface area contributed by atoms with Crippen molar-refractivity contribution < 1.29 is 17.6 Å². The SMILES string of the molecule is COc1ccc(-c2nnc(CN(Cc3ccccc3)S(=O)(=O)/C=C/c3ccccc3)o2)cc1. The van der Waals surface area contributed by atoms with Crippen LogP contribution in [-0.4, -0.2) is 30.0 Å². The van der Waals surface area contributed by atoms with Gasteiger partial charge in [-0.1, -0.05) is 60.7 Å². The minimum absolute atomic E-state index is 0.0560. The van der Waals surface area contributed by atoms with Gasteiger partial charge in [-0.05, 0) is 41.5 Å². The van der Waals surface area contributed by atoms with Gasteiger partial charge in [0.05, 0.1) is 13.7 Å². The quantitative estimate of drug-likeness (QED) is 0.358. The van der Waals surface area contributed by atoms with Crippen LogP contribution in [0, 0.1) is 0 Å². The predicted molar refractivity (Wildman–Crippen MR) is 126 cm³/mol. The molecule has 0 atom stereocenters. The van der Waals surface area contributed by atoms with E-state index in [1.54, 1.807) is 37.5 Å². The Morgan fingerprint density at radius 3 is 2.21 bits per heavy atom. The molecule has 0 saturated carbocycles. The fraction of sp³-hybridized carbons (Fsp3) is 0.120. The zero-order valence-corrected chi connectivity index (χ0v) is 18.9. The Morgan fingerprint density at radius 2 is 1.55 bits per heavy atom. The molecule has 0 aliphatic heterocycles. The Balaban J connectivity index is 1.58. The van der Waals surface area contributed by atoms with Gasteiger partial charge < -0.3 is 9.15 Å². The molecule has 4 aromatic rings. The Bertz CT molecular complexity index is 1300. The molecule has 0 bridgehead atoms. The van der Waals surface area contributed by atoms with Crippen molar-refractivity contribution in [3.8, 4) is 17.2 Å². The van der Waals surface area contributed by atoms with E-state index >= 15 is 0 Å². The molecule has 1 heterocycles. The third-order valence-corrected chi connectivity index (χ3v) is 6.37. The lowest BCUT2D eigenvalue weighted by atomic mass is 10.2. The maximum absolute atomic E-state index is 13.2. The summed E-state index contributed by atoms with van der Waals surface area (Å²) in [6.45, 7) is 0.113. The predicted octanol–water partition coefficient (Wildman–Crippen LogP) is 4.75. The highest BCUT2D eigenvalue weighted by molar-refractivity contribution is 7.92. The van der Waals surface area contributed by atoms with E-state index in [1.165, 1.54) is 9.71 Å². The summed E-state index contributed by atoms with van der Waals surface area (Å²) in [6, 6.07) is 25.8. The maximum atomic E-state index is 13.2. The highest BCUT2D eigenvalue weighted by atomic mass is 32.2. The Labute approximate surface area is 193 Å². The van der Waals surface area contributed by atoms with Crippen molar-refractivity contribution in [2.24, 2.45) is 0 Å². The normalized spacial score (nSPS) is 11.8. The second-order valence-electron chi connectivity index (χ2n) is 7.24. The minimum atomic E-state index is -3.77. The summed E-state index contributed by atoms with van der Waals surface area (Å²) in [5, 5.41) is 9.35. The van der Waals surface area contributed by atoms with Crippen molar-refractivity contribution in [1.82, 2.24) is 14.5 Å². The van der Waals surface area contributed by atoms with E-state index in [0.717, 1.165) is 16.7 Å². The molecule has 4 rings (SSSR count). The topological polar surface area (TPSA) is 85.5 Å². The van der Waals surface area contributed by atoms with Crippen LogP contribution < -0.4 is 4.74 Å². The average molecular weight is 462 g/mol. The first-order valence-electron chi connectivity index (χ1n) is 10.3. The third kappa shape index (κ3) is 5.94. The Morgan fingerprint density at radius 1 is 0.879 bits per heavy atom. The van der Waals surface area contributed by atoms with Crippen molar-refractivity contribution in [1.29, 1.82) is 0 Å². The minimum Gasteiger partial charge on any atom is -0.497 e. The molecule has 0 radical (unpaired) electrons. The molecule has 3 aromatic carbocycles. The molecule has 0 spiro atoms. The first-order chi connectivity index (χ1) is 16.0. The van der Waals surface area contributed by atoms with E-state index < -0.39 is 10.0 Å². The van der Waals surface area contributed by atoms with Gasteiger partial charge >= 0.3 is 0 Å². The van der Waals surface area contributed by atoms with Crippen LogP contribution in [0.1, 0.15) is 17.0 Å². The summed E-state index contributed by atoms with van der Waals surface area (Å²) in [5.74, 6) is 1.22. The van der Waals surface area contributed by atoms with Gasteiger partial charge in [0.1, 0.15) is 5.75 Å². The molecule has 7 nitrogen and oxygen atoms in total. The highest BCUT2D eigenvalue weighted by Crippen LogP contribution is 2.23. The zero-order valence-electron chi connectivity index (χ0n) is 18.0. The number of rotatable bonds is 9. The van der Waals surface area contributed by atoms with Crippen LogP contribution in [0.4, 0.5) is 0 Å². The summed E-state index contributed by atoms with van der Waals surface area (Å²) in [6.07, 6.45) is 1.57. The van der Waals surface area contributed by atoms with Crippen LogP contribution in [0.25, 0.3) is 17.5 Å². The first kappa shape index (κ1) is 22.4. The zero-order chi connectivity index (χ0) is 23.1. The van der Waals surface area contributed by atoms with Gasteiger partial charge in [0.15, 0.2) is 0 Å².